The van der Waals surface area contributed by atoms with Gasteiger partial charge in [-0.05, 0) is 30.3 Å². The van der Waals surface area contributed by atoms with Crippen molar-refractivity contribution in [3.05, 3.63) is 54.6 Å². The van der Waals surface area contributed by atoms with Crippen molar-refractivity contribution in [3.8, 4) is 6.07 Å². The van der Waals surface area contributed by atoms with Crippen LogP contribution in [0.1, 0.15) is 0 Å². The number of para-hydroxylation sites is 1. The Kier molecular flexibility index (Phi) is 5.24. The van der Waals surface area contributed by atoms with Gasteiger partial charge in [-0.25, -0.2) is 0 Å². The van der Waals surface area contributed by atoms with Gasteiger partial charge in [0.05, 0.1) is 11.8 Å². The molecule has 5 heteroatoms. The highest BCUT2D eigenvalue weighted by Gasteiger charge is 2.15. The van der Waals surface area contributed by atoms with Gasteiger partial charge in [0.2, 0.25) is 5.91 Å². The molecule has 4 nitrogen and oxygen atoms in total. The minimum absolute atomic E-state index is 0.0420. The van der Waals surface area contributed by atoms with E-state index in [9.17, 15) is 4.79 Å². The molecule has 0 aliphatic rings. The van der Waals surface area contributed by atoms with Gasteiger partial charge in [0.15, 0.2) is 0 Å². The summed E-state index contributed by atoms with van der Waals surface area (Å²) < 4.78 is 0. The second-order valence-corrected chi connectivity index (χ2v) is 5.38. The highest BCUT2D eigenvalue weighted by molar-refractivity contribution is 8.00. The number of carbonyl (C=O) groups excluding carboxylic acids is 1. The highest BCUT2D eigenvalue weighted by atomic mass is 32.2. The molecule has 0 bridgehead atoms. The predicted molar refractivity (Wildman–Crippen MR) is 86.0 cm³/mol. The maximum Gasteiger partial charge on any atom is 0.238 e. The number of hydrogen-bond acceptors (Lipinski definition) is 4. The van der Waals surface area contributed by atoms with Crippen LogP contribution < -0.4 is 10.6 Å². The molecule has 0 saturated heterocycles. The molecule has 0 aliphatic carbocycles. The average Bonchev–Trinajstić information content (AvgIpc) is 2.51. The number of anilines is 2. The van der Waals surface area contributed by atoms with Crippen molar-refractivity contribution in [2.45, 2.75) is 4.90 Å². The molecule has 0 saturated carbocycles. The summed E-state index contributed by atoms with van der Waals surface area (Å²) >= 11 is 1.41. The first-order valence-corrected chi connectivity index (χ1v) is 7.40. The molecule has 2 rings (SSSR count). The summed E-state index contributed by atoms with van der Waals surface area (Å²) in [5, 5.41) is 8.90. The normalized spacial score (nSPS) is 9.86. The molecule has 0 fully saturated rings. The van der Waals surface area contributed by atoms with Crippen molar-refractivity contribution in [2.75, 3.05) is 22.9 Å². The number of nitriles is 1. The van der Waals surface area contributed by atoms with Gasteiger partial charge < -0.3 is 5.73 Å². The van der Waals surface area contributed by atoms with Crippen molar-refractivity contribution in [3.63, 3.8) is 0 Å². The van der Waals surface area contributed by atoms with Crippen LogP contribution in [0.5, 0.6) is 0 Å². The Labute approximate surface area is 128 Å². The summed E-state index contributed by atoms with van der Waals surface area (Å²) in [6.07, 6.45) is 0. The lowest BCUT2D eigenvalue weighted by Gasteiger charge is -2.19. The minimum atomic E-state index is -0.102. The lowest BCUT2D eigenvalue weighted by Crippen LogP contribution is -2.32. The Balaban J connectivity index is 2.04. The van der Waals surface area contributed by atoms with Gasteiger partial charge in [0.1, 0.15) is 6.54 Å². The number of rotatable bonds is 5. The molecule has 0 unspecified atom stereocenters. The Hall–Kier alpha value is -2.45. The number of benzene rings is 2. The second-order valence-electron chi connectivity index (χ2n) is 4.33. The topological polar surface area (TPSA) is 70.1 Å². The van der Waals surface area contributed by atoms with E-state index >= 15 is 0 Å². The molecule has 21 heavy (non-hydrogen) atoms. The SMILES string of the molecule is N#CCN(C(=O)CSc1cccc(N)c1)c1ccccc1. The zero-order chi connectivity index (χ0) is 15.1. The van der Waals surface area contributed by atoms with Crippen LogP contribution in [0.15, 0.2) is 59.5 Å². The standard InChI is InChI=1S/C16H15N3OS/c17-9-10-19(14-6-2-1-3-7-14)16(20)12-21-15-8-4-5-13(18)11-15/h1-8,11H,10,12,18H2. The predicted octanol–water partition coefficient (Wildman–Crippen LogP) is 2.92. The van der Waals surface area contributed by atoms with E-state index in [1.165, 1.54) is 16.7 Å². The average molecular weight is 297 g/mol. The highest BCUT2D eigenvalue weighted by Crippen LogP contribution is 2.22. The first-order valence-electron chi connectivity index (χ1n) is 6.41. The van der Waals surface area contributed by atoms with E-state index in [1.54, 1.807) is 6.07 Å². The van der Waals surface area contributed by atoms with E-state index in [0.29, 0.717) is 5.69 Å². The van der Waals surface area contributed by atoms with Crippen LogP contribution >= 0.6 is 11.8 Å². The van der Waals surface area contributed by atoms with Gasteiger partial charge in [-0.15, -0.1) is 11.8 Å². The van der Waals surface area contributed by atoms with Gasteiger partial charge in [0.25, 0.3) is 0 Å². The number of nitrogens with two attached hydrogens (primary N) is 1. The molecular weight excluding hydrogens is 282 g/mol. The Morgan fingerprint density at radius 1 is 1.19 bits per heavy atom. The first-order chi connectivity index (χ1) is 10.2. The second kappa shape index (κ2) is 7.36. The number of thioether (sulfide) groups is 1. The Bertz CT molecular complexity index is 652. The number of amides is 1. The van der Waals surface area contributed by atoms with E-state index in [0.717, 1.165) is 10.6 Å². The molecule has 0 aromatic heterocycles. The summed E-state index contributed by atoms with van der Waals surface area (Å²) in [5.74, 6) is 0.162. The summed E-state index contributed by atoms with van der Waals surface area (Å²) in [7, 11) is 0. The van der Waals surface area contributed by atoms with Crippen LogP contribution in [0.25, 0.3) is 0 Å². The molecule has 106 valence electrons. The number of carbonyl (C=O) groups is 1. The maximum absolute atomic E-state index is 12.3. The summed E-state index contributed by atoms with van der Waals surface area (Å²) in [6, 6.07) is 18.6. The van der Waals surface area contributed by atoms with Crippen LogP contribution in [0.4, 0.5) is 11.4 Å². The first kappa shape index (κ1) is 14.9. The Morgan fingerprint density at radius 2 is 1.95 bits per heavy atom. The van der Waals surface area contributed by atoms with Crippen molar-refractivity contribution >= 4 is 29.0 Å². The monoisotopic (exact) mass is 297 g/mol. The van der Waals surface area contributed by atoms with Crippen molar-refractivity contribution in [1.29, 1.82) is 5.26 Å². The summed E-state index contributed by atoms with van der Waals surface area (Å²) in [4.78, 5) is 14.7. The van der Waals surface area contributed by atoms with Gasteiger partial charge in [-0.1, -0.05) is 24.3 Å². The molecule has 2 aromatic rings. The van der Waals surface area contributed by atoms with Crippen LogP contribution in [0, 0.1) is 11.3 Å². The lowest BCUT2D eigenvalue weighted by atomic mass is 10.3. The molecule has 0 spiro atoms. The number of hydrogen-bond donors (Lipinski definition) is 1. The molecule has 2 aromatic carbocycles. The zero-order valence-electron chi connectivity index (χ0n) is 11.4. The molecule has 0 heterocycles. The minimum Gasteiger partial charge on any atom is -0.399 e. The molecule has 0 radical (unpaired) electrons. The number of nitrogens with zero attached hydrogens (tertiary/aromatic N) is 2. The fourth-order valence-corrected chi connectivity index (χ4v) is 2.67. The van der Waals surface area contributed by atoms with Gasteiger partial charge in [-0.2, -0.15) is 5.26 Å². The van der Waals surface area contributed by atoms with Crippen LogP contribution in [-0.4, -0.2) is 18.2 Å². The molecule has 2 N–H and O–H groups in total. The van der Waals surface area contributed by atoms with Gasteiger partial charge in [-0.3, -0.25) is 9.69 Å². The van der Waals surface area contributed by atoms with E-state index in [-0.39, 0.29) is 18.2 Å². The quantitative estimate of drug-likeness (QED) is 0.523. The summed E-state index contributed by atoms with van der Waals surface area (Å²) in [6.45, 7) is 0.0420. The summed E-state index contributed by atoms with van der Waals surface area (Å²) in [5.41, 5.74) is 7.12. The van der Waals surface area contributed by atoms with Crippen molar-refractivity contribution in [1.82, 2.24) is 0 Å². The molecule has 1 amide bonds. The van der Waals surface area contributed by atoms with E-state index in [1.807, 2.05) is 54.6 Å². The Morgan fingerprint density at radius 3 is 2.62 bits per heavy atom. The number of nitrogen functional groups attached to an aromatic ring is 1. The van der Waals surface area contributed by atoms with Crippen LogP contribution in [0.2, 0.25) is 0 Å². The fraction of sp³-hybridized carbons (Fsp3) is 0.125. The van der Waals surface area contributed by atoms with Crippen molar-refractivity contribution < 1.29 is 4.79 Å². The molecule has 0 aliphatic heterocycles. The van der Waals surface area contributed by atoms with Gasteiger partial charge >= 0.3 is 0 Å². The molecule has 0 atom stereocenters. The third kappa shape index (κ3) is 4.26. The largest absolute Gasteiger partial charge is 0.399 e. The zero-order valence-corrected chi connectivity index (χ0v) is 12.2. The van der Waals surface area contributed by atoms with E-state index < -0.39 is 0 Å². The van der Waals surface area contributed by atoms with Crippen LogP contribution in [0.3, 0.4) is 0 Å². The maximum atomic E-state index is 12.3. The molecular formula is C16H15N3OS. The third-order valence-electron chi connectivity index (χ3n) is 2.82. The van der Waals surface area contributed by atoms with E-state index in [2.05, 4.69) is 0 Å². The van der Waals surface area contributed by atoms with Gasteiger partial charge in [0, 0.05) is 16.3 Å². The third-order valence-corrected chi connectivity index (χ3v) is 3.80. The van der Waals surface area contributed by atoms with Crippen molar-refractivity contribution in [2.24, 2.45) is 0 Å². The smallest absolute Gasteiger partial charge is 0.238 e. The van der Waals surface area contributed by atoms with E-state index in [4.69, 9.17) is 11.0 Å². The lowest BCUT2D eigenvalue weighted by molar-refractivity contribution is -0.116. The van der Waals surface area contributed by atoms with Crippen LogP contribution in [-0.2, 0) is 4.79 Å². The fourth-order valence-electron chi connectivity index (χ4n) is 1.83.